The summed E-state index contributed by atoms with van der Waals surface area (Å²) in [6, 6.07) is 7.87. The highest BCUT2D eigenvalue weighted by Crippen LogP contribution is 2.35. The van der Waals surface area contributed by atoms with E-state index in [1.807, 2.05) is 0 Å². The van der Waals surface area contributed by atoms with Gasteiger partial charge in [-0.1, -0.05) is 6.07 Å². The molecule has 0 saturated heterocycles. The Morgan fingerprint density at radius 1 is 0.914 bits per heavy atom. The number of aliphatic carboxylic acids is 1. The highest BCUT2D eigenvalue weighted by molar-refractivity contribution is 7.93. The van der Waals surface area contributed by atoms with E-state index in [2.05, 4.69) is 5.32 Å². The summed E-state index contributed by atoms with van der Waals surface area (Å²) in [5, 5.41) is 12.4. The number of carbonyl (C=O) groups is 2. The topological polar surface area (TPSA) is 137 Å². The standard InChI is InChI=1S/C24H29NO9S/c1-31-17-13-21(33-3)18(22(14-17)34-4)10-11-35(29,30)15-16-8-9-20(32-2)19(12-16)25-23(26)6-5-7-24(27)28/h8-14H,5-7,15H2,1-4H3,(H,25,26)(H,27,28). The Morgan fingerprint density at radius 3 is 2.09 bits per heavy atom. The molecule has 190 valence electrons. The van der Waals surface area contributed by atoms with Gasteiger partial charge < -0.3 is 29.4 Å². The number of carbonyl (C=O) groups excluding carboxylic acids is 1. The summed E-state index contributed by atoms with van der Waals surface area (Å²) in [5.74, 6) is -0.120. The first kappa shape index (κ1) is 27.5. The third-order valence-corrected chi connectivity index (χ3v) is 6.18. The van der Waals surface area contributed by atoms with Crippen molar-refractivity contribution in [2.75, 3.05) is 33.8 Å². The van der Waals surface area contributed by atoms with Crippen LogP contribution >= 0.6 is 0 Å². The largest absolute Gasteiger partial charge is 0.496 e. The minimum absolute atomic E-state index is 0.00620. The van der Waals surface area contributed by atoms with Crippen molar-refractivity contribution in [3.63, 3.8) is 0 Å². The van der Waals surface area contributed by atoms with Crippen LogP contribution in [-0.2, 0) is 25.2 Å². The maximum atomic E-state index is 12.8. The van der Waals surface area contributed by atoms with Gasteiger partial charge in [-0.3, -0.25) is 9.59 Å². The average molecular weight is 508 g/mol. The fourth-order valence-corrected chi connectivity index (χ4v) is 4.29. The van der Waals surface area contributed by atoms with Crippen LogP contribution in [0.1, 0.15) is 30.4 Å². The zero-order valence-corrected chi connectivity index (χ0v) is 20.8. The van der Waals surface area contributed by atoms with Gasteiger partial charge >= 0.3 is 5.97 Å². The van der Waals surface area contributed by atoms with Gasteiger partial charge in [0.25, 0.3) is 0 Å². The number of hydrogen-bond acceptors (Lipinski definition) is 8. The zero-order valence-electron chi connectivity index (χ0n) is 20.0. The maximum absolute atomic E-state index is 12.8. The number of sulfone groups is 1. The van der Waals surface area contributed by atoms with Crippen LogP contribution in [0.2, 0.25) is 0 Å². The van der Waals surface area contributed by atoms with Gasteiger partial charge in [0.15, 0.2) is 9.84 Å². The molecule has 10 nitrogen and oxygen atoms in total. The summed E-state index contributed by atoms with van der Waals surface area (Å²) in [4.78, 5) is 22.8. The van der Waals surface area contributed by atoms with Gasteiger partial charge in [0.2, 0.25) is 5.91 Å². The molecule has 0 radical (unpaired) electrons. The molecule has 35 heavy (non-hydrogen) atoms. The molecule has 0 aliphatic heterocycles. The summed E-state index contributed by atoms with van der Waals surface area (Å²) in [6.45, 7) is 0. The first-order valence-electron chi connectivity index (χ1n) is 10.5. The number of ether oxygens (including phenoxy) is 4. The second kappa shape index (κ2) is 12.7. The van der Waals surface area contributed by atoms with E-state index in [0.29, 0.717) is 39.8 Å². The smallest absolute Gasteiger partial charge is 0.303 e. The Kier molecular flexibility index (Phi) is 9.95. The molecule has 0 aliphatic carbocycles. The predicted octanol–water partition coefficient (Wildman–Crippen LogP) is 3.50. The summed E-state index contributed by atoms with van der Waals surface area (Å²) < 4.78 is 46.8. The number of nitrogens with one attached hydrogen (secondary N) is 1. The third-order valence-electron chi connectivity index (χ3n) is 4.90. The molecule has 2 aromatic rings. The van der Waals surface area contributed by atoms with Crippen molar-refractivity contribution < 1.29 is 42.1 Å². The molecule has 0 spiro atoms. The number of benzene rings is 2. The lowest BCUT2D eigenvalue weighted by Crippen LogP contribution is -2.13. The highest BCUT2D eigenvalue weighted by Gasteiger charge is 2.15. The van der Waals surface area contributed by atoms with Crippen LogP contribution in [0.3, 0.4) is 0 Å². The molecule has 2 rings (SSSR count). The average Bonchev–Trinajstić information content (AvgIpc) is 2.81. The molecular formula is C24H29NO9S. The van der Waals surface area contributed by atoms with Gasteiger partial charge in [0.1, 0.15) is 23.0 Å². The lowest BCUT2D eigenvalue weighted by molar-refractivity contribution is -0.137. The predicted molar refractivity (Wildman–Crippen MR) is 131 cm³/mol. The molecule has 0 unspecified atom stereocenters. The van der Waals surface area contributed by atoms with Crippen LogP contribution in [0, 0.1) is 0 Å². The van der Waals surface area contributed by atoms with Gasteiger partial charge in [-0.2, -0.15) is 0 Å². The molecule has 2 N–H and O–H groups in total. The Hall–Kier alpha value is -3.73. The van der Waals surface area contributed by atoms with Crippen molar-refractivity contribution in [1.82, 2.24) is 0 Å². The summed E-state index contributed by atoms with van der Waals surface area (Å²) >= 11 is 0. The van der Waals surface area contributed by atoms with Crippen LogP contribution in [0.4, 0.5) is 5.69 Å². The highest BCUT2D eigenvalue weighted by atomic mass is 32.2. The minimum Gasteiger partial charge on any atom is -0.496 e. The molecule has 0 heterocycles. The van der Waals surface area contributed by atoms with Crippen molar-refractivity contribution in [2.24, 2.45) is 0 Å². The zero-order chi connectivity index (χ0) is 26.0. The van der Waals surface area contributed by atoms with Crippen LogP contribution < -0.4 is 24.3 Å². The Labute approximate surface area is 204 Å². The third kappa shape index (κ3) is 8.21. The lowest BCUT2D eigenvalue weighted by Gasteiger charge is -2.13. The van der Waals surface area contributed by atoms with Crippen molar-refractivity contribution in [1.29, 1.82) is 0 Å². The van der Waals surface area contributed by atoms with Gasteiger partial charge in [0.05, 0.1) is 45.4 Å². The van der Waals surface area contributed by atoms with Crippen molar-refractivity contribution in [3.05, 3.63) is 46.9 Å². The van der Waals surface area contributed by atoms with Crippen molar-refractivity contribution >= 4 is 33.5 Å². The molecule has 0 aliphatic rings. The van der Waals surface area contributed by atoms with E-state index >= 15 is 0 Å². The number of anilines is 1. The van der Waals surface area contributed by atoms with E-state index in [1.165, 1.54) is 40.6 Å². The Balaban J connectivity index is 2.23. The second-order valence-electron chi connectivity index (χ2n) is 7.39. The van der Waals surface area contributed by atoms with Crippen LogP contribution in [0.25, 0.3) is 6.08 Å². The van der Waals surface area contributed by atoms with Gasteiger partial charge in [-0.15, -0.1) is 0 Å². The van der Waals surface area contributed by atoms with Crippen LogP contribution in [-0.4, -0.2) is 53.8 Å². The Bertz CT molecular complexity index is 1160. The molecule has 0 atom stereocenters. The number of carboxylic acids is 1. The molecule has 2 aromatic carbocycles. The number of amides is 1. The van der Waals surface area contributed by atoms with Gasteiger partial charge in [0, 0.05) is 30.4 Å². The lowest BCUT2D eigenvalue weighted by atomic mass is 10.1. The fourth-order valence-electron chi connectivity index (χ4n) is 3.20. The number of rotatable bonds is 13. The van der Waals surface area contributed by atoms with Crippen molar-refractivity contribution in [2.45, 2.75) is 25.0 Å². The minimum atomic E-state index is -3.73. The van der Waals surface area contributed by atoms with Gasteiger partial charge in [-0.25, -0.2) is 8.42 Å². The maximum Gasteiger partial charge on any atom is 0.303 e. The van der Waals surface area contributed by atoms with Crippen LogP contribution in [0.15, 0.2) is 35.7 Å². The molecule has 11 heteroatoms. The van der Waals surface area contributed by atoms with E-state index in [1.54, 1.807) is 24.3 Å². The number of methoxy groups -OCH3 is 4. The van der Waals surface area contributed by atoms with E-state index in [0.717, 1.165) is 5.41 Å². The van der Waals surface area contributed by atoms with E-state index in [-0.39, 0.29) is 25.0 Å². The monoisotopic (exact) mass is 507 g/mol. The number of hydrogen-bond donors (Lipinski definition) is 2. The molecule has 0 bridgehead atoms. The molecule has 0 aromatic heterocycles. The molecule has 0 saturated carbocycles. The first-order chi connectivity index (χ1) is 16.6. The second-order valence-corrected chi connectivity index (χ2v) is 9.27. The molecular weight excluding hydrogens is 478 g/mol. The summed E-state index contributed by atoms with van der Waals surface area (Å²) in [5.41, 5.74) is 1.15. The van der Waals surface area contributed by atoms with Crippen molar-refractivity contribution in [3.8, 4) is 23.0 Å². The van der Waals surface area contributed by atoms with Crippen LogP contribution in [0.5, 0.6) is 23.0 Å². The molecule has 1 amide bonds. The SMILES string of the molecule is COc1cc(OC)c(C=CS(=O)(=O)Cc2ccc(OC)c(NC(=O)CCCC(=O)O)c2)c(OC)c1. The number of carboxylic acid groups (broad SMARTS) is 1. The van der Waals surface area contributed by atoms with E-state index in [4.69, 9.17) is 24.1 Å². The van der Waals surface area contributed by atoms with E-state index < -0.39 is 21.7 Å². The first-order valence-corrected chi connectivity index (χ1v) is 12.2. The van der Waals surface area contributed by atoms with Gasteiger partial charge in [-0.05, 0) is 30.2 Å². The summed E-state index contributed by atoms with van der Waals surface area (Å²) in [6.07, 6.45) is 1.45. The fraction of sp³-hybridized carbons (Fsp3) is 0.333. The Morgan fingerprint density at radius 2 is 1.54 bits per heavy atom. The summed E-state index contributed by atoms with van der Waals surface area (Å²) in [7, 11) is 2.09. The quantitative estimate of drug-likeness (QED) is 0.417. The molecule has 0 fully saturated rings. The normalized spacial score (nSPS) is 11.2. The van der Waals surface area contributed by atoms with E-state index in [9.17, 15) is 18.0 Å².